The molecule has 156 valence electrons. The maximum Gasteiger partial charge on any atom is 0.228 e. The van der Waals surface area contributed by atoms with Crippen LogP contribution in [-0.2, 0) is 17.8 Å². The average molecular weight is 407 g/mol. The van der Waals surface area contributed by atoms with E-state index < -0.39 is 0 Å². The minimum Gasteiger partial charge on any atom is -0.493 e. The number of nitrogens with zero attached hydrogens (tertiary/aromatic N) is 3. The number of aromatic nitrogens is 2. The molecule has 3 aromatic rings. The Balaban J connectivity index is 1.44. The SMILES string of the molecule is COc1ccc(-c2noc(CCN(Cc3ccccc3)C(=O)C3CC3)n2)cc1OC. The van der Waals surface area contributed by atoms with Gasteiger partial charge in [0.1, 0.15) is 0 Å². The predicted molar refractivity (Wildman–Crippen MR) is 111 cm³/mol. The lowest BCUT2D eigenvalue weighted by Gasteiger charge is -2.22. The molecule has 0 spiro atoms. The van der Waals surface area contributed by atoms with E-state index in [1.807, 2.05) is 47.4 Å². The average Bonchev–Trinajstić information content (AvgIpc) is 3.54. The van der Waals surface area contributed by atoms with Crippen LogP contribution in [0.4, 0.5) is 0 Å². The summed E-state index contributed by atoms with van der Waals surface area (Å²) in [6.45, 7) is 1.13. The van der Waals surface area contributed by atoms with Crippen LogP contribution in [-0.4, -0.2) is 41.7 Å². The molecule has 7 heteroatoms. The van der Waals surface area contributed by atoms with E-state index in [0.29, 0.717) is 42.7 Å². The second-order valence-corrected chi connectivity index (χ2v) is 7.35. The zero-order chi connectivity index (χ0) is 20.9. The van der Waals surface area contributed by atoms with Crippen LogP contribution in [0.3, 0.4) is 0 Å². The number of hydrogen-bond acceptors (Lipinski definition) is 6. The van der Waals surface area contributed by atoms with Crippen LogP contribution >= 0.6 is 0 Å². The van der Waals surface area contributed by atoms with Gasteiger partial charge in [-0.15, -0.1) is 0 Å². The largest absolute Gasteiger partial charge is 0.493 e. The normalized spacial score (nSPS) is 13.1. The van der Waals surface area contributed by atoms with Crippen LogP contribution in [0.25, 0.3) is 11.4 Å². The molecule has 1 saturated carbocycles. The fourth-order valence-electron chi connectivity index (χ4n) is 3.34. The second kappa shape index (κ2) is 8.98. The van der Waals surface area contributed by atoms with Crippen LogP contribution in [0.5, 0.6) is 11.5 Å². The monoisotopic (exact) mass is 407 g/mol. The van der Waals surface area contributed by atoms with E-state index in [1.54, 1.807) is 20.3 Å². The molecule has 1 aliphatic carbocycles. The Labute approximate surface area is 175 Å². The summed E-state index contributed by atoms with van der Waals surface area (Å²) < 4.78 is 16.0. The molecule has 0 bridgehead atoms. The Morgan fingerprint density at radius 3 is 2.57 bits per heavy atom. The van der Waals surface area contributed by atoms with Crippen molar-refractivity contribution in [1.82, 2.24) is 15.0 Å². The molecular weight excluding hydrogens is 382 g/mol. The summed E-state index contributed by atoms with van der Waals surface area (Å²) in [5.74, 6) is 2.60. The van der Waals surface area contributed by atoms with Crippen molar-refractivity contribution in [1.29, 1.82) is 0 Å². The summed E-state index contributed by atoms with van der Waals surface area (Å²) in [6, 6.07) is 15.5. The van der Waals surface area contributed by atoms with Crippen LogP contribution in [0.1, 0.15) is 24.3 Å². The van der Waals surface area contributed by atoms with Gasteiger partial charge in [-0.1, -0.05) is 35.5 Å². The summed E-state index contributed by atoms with van der Waals surface area (Å²) >= 11 is 0. The number of rotatable bonds is 9. The van der Waals surface area contributed by atoms with Gasteiger partial charge in [0.15, 0.2) is 11.5 Å². The first-order valence-corrected chi connectivity index (χ1v) is 10.1. The van der Waals surface area contributed by atoms with E-state index in [9.17, 15) is 4.79 Å². The number of benzene rings is 2. The number of methoxy groups -OCH3 is 2. The van der Waals surface area contributed by atoms with E-state index in [2.05, 4.69) is 10.1 Å². The van der Waals surface area contributed by atoms with Gasteiger partial charge >= 0.3 is 0 Å². The molecule has 1 heterocycles. The molecule has 0 N–H and O–H groups in total. The Bertz CT molecular complexity index is 999. The highest BCUT2D eigenvalue weighted by atomic mass is 16.5. The van der Waals surface area contributed by atoms with Gasteiger partial charge in [-0.2, -0.15) is 4.98 Å². The van der Waals surface area contributed by atoms with Crippen molar-refractivity contribution in [2.24, 2.45) is 5.92 Å². The highest BCUT2D eigenvalue weighted by Gasteiger charge is 2.33. The van der Waals surface area contributed by atoms with E-state index in [1.165, 1.54) is 0 Å². The molecule has 1 fully saturated rings. The van der Waals surface area contributed by atoms with Gasteiger partial charge < -0.3 is 18.9 Å². The summed E-state index contributed by atoms with van der Waals surface area (Å²) in [4.78, 5) is 19.1. The van der Waals surface area contributed by atoms with Crippen LogP contribution < -0.4 is 9.47 Å². The fraction of sp³-hybridized carbons (Fsp3) is 0.348. The van der Waals surface area contributed by atoms with Gasteiger partial charge in [-0.3, -0.25) is 4.79 Å². The lowest BCUT2D eigenvalue weighted by Crippen LogP contribution is -2.33. The van der Waals surface area contributed by atoms with Gasteiger partial charge in [0, 0.05) is 31.0 Å². The lowest BCUT2D eigenvalue weighted by molar-refractivity contribution is -0.133. The molecule has 0 saturated heterocycles. The van der Waals surface area contributed by atoms with E-state index in [4.69, 9.17) is 14.0 Å². The zero-order valence-electron chi connectivity index (χ0n) is 17.2. The van der Waals surface area contributed by atoms with Crippen LogP contribution in [0, 0.1) is 5.92 Å². The number of ether oxygens (including phenoxy) is 2. The summed E-state index contributed by atoms with van der Waals surface area (Å²) in [7, 11) is 3.18. The zero-order valence-corrected chi connectivity index (χ0v) is 17.2. The fourth-order valence-corrected chi connectivity index (χ4v) is 3.34. The standard InChI is InChI=1S/C23H25N3O4/c1-28-19-11-10-18(14-20(19)29-2)22-24-21(30-25-22)12-13-26(23(27)17-8-9-17)15-16-6-4-3-5-7-16/h3-7,10-11,14,17H,8-9,12-13,15H2,1-2H3. The Morgan fingerprint density at radius 1 is 1.10 bits per heavy atom. The molecule has 0 atom stereocenters. The Kier molecular flexibility index (Phi) is 5.97. The van der Waals surface area contributed by atoms with Crippen LogP contribution in [0.15, 0.2) is 53.1 Å². The van der Waals surface area contributed by atoms with Gasteiger partial charge in [-0.05, 0) is 36.6 Å². The van der Waals surface area contributed by atoms with Crippen molar-refractivity contribution in [3.05, 3.63) is 60.0 Å². The minimum atomic E-state index is 0.165. The second-order valence-electron chi connectivity index (χ2n) is 7.35. The predicted octanol–water partition coefficient (Wildman–Crippen LogP) is 3.74. The maximum absolute atomic E-state index is 12.7. The molecule has 2 aromatic carbocycles. The molecule has 4 rings (SSSR count). The molecule has 7 nitrogen and oxygen atoms in total. The molecule has 1 aliphatic rings. The van der Waals surface area contributed by atoms with Gasteiger partial charge in [0.2, 0.25) is 17.6 Å². The molecule has 30 heavy (non-hydrogen) atoms. The highest BCUT2D eigenvalue weighted by Crippen LogP contribution is 2.32. The molecule has 0 aliphatic heterocycles. The molecule has 0 unspecified atom stereocenters. The third kappa shape index (κ3) is 4.62. The first kappa shape index (κ1) is 19.9. The topological polar surface area (TPSA) is 77.7 Å². The number of carbonyl (C=O) groups is 1. The van der Waals surface area contributed by atoms with E-state index >= 15 is 0 Å². The van der Waals surface area contributed by atoms with Gasteiger partial charge in [0.05, 0.1) is 14.2 Å². The Morgan fingerprint density at radius 2 is 1.87 bits per heavy atom. The molecular formula is C23H25N3O4. The first-order chi connectivity index (χ1) is 14.7. The van der Waals surface area contributed by atoms with Crippen molar-refractivity contribution < 1.29 is 18.8 Å². The smallest absolute Gasteiger partial charge is 0.228 e. The minimum absolute atomic E-state index is 0.165. The third-order valence-corrected chi connectivity index (χ3v) is 5.16. The quantitative estimate of drug-likeness (QED) is 0.538. The summed E-state index contributed by atoms with van der Waals surface area (Å²) in [5.41, 5.74) is 1.89. The van der Waals surface area contributed by atoms with Crippen molar-refractivity contribution in [2.75, 3.05) is 20.8 Å². The van der Waals surface area contributed by atoms with Gasteiger partial charge in [0.25, 0.3) is 0 Å². The first-order valence-electron chi connectivity index (χ1n) is 10.1. The summed E-state index contributed by atoms with van der Waals surface area (Å²) in [6.07, 6.45) is 2.47. The molecule has 1 amide bonds. The molecule has 0 radical (unpaired) electrons. The van der Waals surface area contributed by atoms with E-state index in [-0.39, 0.29) is 11.8 Å². The lowest BCUT2D eigenvalue weighted by atomic mass is 10.2. The van der Waals surface area contributed by atoms with Gasteiger partial charge in [-0.25, -0.2) is 0 Å². The molecule has 1 aromatic heterocycles. The van der Waals surface area contributed by atoms with Crippen molar-refractivity contribution in [3.63, 3.8) is 0 Å². The van der Waals surface area contributed by atoms with Crippen molar-refractivity contribution in [2.45, 2.75) is 25.8 Å². The third-order valence-electron chi connectivity index (χ3n) is 5.16. The summed E-state index contributed by atoms with van der Waals surface area (Å²) in [5, 5.41) is 4.09. The van der Waals surface area contributed by atoms with E-state index in [0.717, 1.165) is 24.0 Å². The van der Waals surface area contributed by atoms with Crippen molar-refractivity contribution in [3.8, 4) is 22.9 Å². The number of amides is 1. The maximum atomic E-state index is 12.7. The highest BCUT2D eigenvalue weighted by molar-refractivity contribution is 5.81. The number of hydrogen-bond donors (Lipinski definition) is 0. The van der Waals surface area contributed by atoms with Crippen molar-refractivity contribution >= 4 is 5.91 Å². The van der Waals surface area contributed by atoms with Crippen LogP contribution in [0.2, 0.25) is 0 Å². The number of carbonyl (C=O) groups excluding carboxylic acids is 1. The Hall–Kier alpha value is -3.35.